The van der Waals surface area contributed by atoms with E-state index in [1.165, 1.54) is 6.20 Å². The van der Waals surface area contributed by atoms with Crippen molar-refractivity contribution in [1.82, 2.24) is 4.57 Å². The maximum atomic E-state index is 15.0. The fraction of sp³-hybridized carbons (Fsp3) is 0.450. The number of nitrogens with zero attached hydrogens (tertiary/aromatic N) is 2. The first kappa shape index (κ1) is 26.5. The van der Waals surface area contributed by atoms with Gasteiger partial charge >= 0.3 is 18.3 Å². The highest BCUT2D eigenvalue weighted by molar-refractivity contribution is 6.38. The molecule has 35 heavy (non-hydrogen) atoms. The SMILES string of the molecule is CO[C@@H]1CN(c2c(F)cc3c(=O)c(OC(=O)O)cn(C4CC4)c3c2Cl)C[C@@H]1N.O=C(O)C(F)(F)F. The molecule has 1 aliphatic carbocycles. The van der Waals surface area contributed by atoms with Crippen LogP contribution in [-0.2, 0) is 9.53 Å². The molecule has 0 amide bonds. The molecule has 2 atom stereocenters. The van der Waals surface area contributed by atoms with Gasteiger partial charge in [0.05, 0.1) is 40.0 Å². The number of carboxylic acids is 1. The molecule has 2 fully saturated rings. The van der Waals surface area contributed by atoms with E-state index in [0.717, 1.165) is 18.9 Å². The number of carboxylic acid groups (broad SMARTS) is 2. The molecule has 0 bridgehead atoms. The Balaban J connectivity index is 0.000000429. The van der Waals surface area contributed by atoms with Gasteiger partial charge in [0.25, 0.3) is 0 Å². The van der Waals surface area contributed by atoms with E-state index in [0.29, 0.717) is 18.6 Å². The number of carbonyl (C=O) groups is 2. The predicted octanol–water partition coefficient (Wildman–Crippen LogP) is 2.98. The molecule has 1 saturated carbocycles. The van der Waals surface area contributed by atoms with E-state index in [4.69, 9.17) is 37.1 Å². The van der Waals surface area contributed by atoms with E-state index >= 15 is 4.39 Å². The number of rotatable bonds is 4. The lowest BCUT2D eigenvalue weighted by atomic mass is 10.1. The second-order valence-corrected chi connectivity index (χ2v) is 8.27. The van der Waals surface area contributed by atoms with Crippen LogP contribution in [0.4, 0.5) is 28.0 Å². The van der Waals surface area contributed by atoms with E-state index < -0.39 is 29.5 Å². The van der Waals surface area contributed by atoms with Gasteiger partial charge in [-0.3, -0.25) is 4.79 Å². The van der Waals surface area contributed by atoms with Crippen molar-refractivity contribution in [1.29, 1.82) is 0 Å². The van der Waals surface area contributed by atoms with Gasteiger partial charge in [0.1, 0.15) is 5.82 Å². The average molecular weight is 526 g/mol. The molecule has 2 heterocycles. The molecule has 1 aromatic heterocycles. The second kappa shape index (κ2) is 9.87. The van der Waals surface area contributed by atoms with E-state index in [9.17, 15) is 22.8 Å². The molecule has 0 unspecified atom stereocenters. The normalized spacial score (nSPS) is 19.9. The number of aromatic nitrogens is 1. The van der Waals surface area contributed by atoms with Crippen LogP contribution in [0.5, 0.6) is 5.75 Å². The van der Waals surface area contributed by atoms with Gasteiger partial charge in [0.15, 0.2) is 5.75 Å². The van der Waals surface area contributed by atoms with Gasteiger partial charge in [-0.25, -0.2) is 14.0 Å². The van der Waals surface area contributed by atoms with Gasteiger partial charge in [0, 0.05) is 26.2 Å². The summed E-state index contributed by atoms with van der Waals surface area (Å²) >= 11 is 6.59. The van der Waals surface area contributed by atoms with Crippen LogP contribution in [0.1, 0.15) is 18.9 Å². The third-order valence-corrected chi connectivity index (χ3v) is 5.82. The van der Waals surface area contributed by atoms with Gasteiger partial charge in [-0.15, -0.1) is 0 Å². The molecule has 1 aromatic carbocycles. The number of ether oxygens (including phenoxy) is 2. The number of hydrogen-bond acceptors (Lipinski definition) is 7. The molecule has 15 heteroatoms. The van der Waals surface area contributed by atoms with Crippen LogP contribution in [0.3, 0.4) is 0 Å². The number of hydrogen-bond donors (Lipinski definition) is 3. The van der Waals surface area contributed by atoms with Crippen molar-refractivity contribution in [2.24, 2.45) is 5.73 Å². The number of benzene rings is 1. The molecule has 1 aliphatic heterocycles. The fourth-order valence-corrected chi connectivity index (χ4v) is 4.14. The quantitative estimate of drug-likeness (QED) is 0.405. The number of methoxy groups -OCH3 is 1. The summed E-state index contributed by atoms with van der Waals surface area (Å²) in [6.45, 7) is 0.724. The van der Waals surface area contributed by atoms with Crippen LogP contribution in [0.25, 0.3) is 10.9 Å². The lowest BCUT2D eigenvalue weighted by Crippen LogP contribution is -2.34. The van der Waals surface area contributed by atoms with Crippen molar-refractivity contribution < 1.29 is 46.8 Å². The Morgan fingerprint density at radius 3 is 2.29 bits per heavy atom. The average Bonchev–Trinajstić information content (AvgIpc) is 3.52. The molecule has 1 saturated heterocycles. The van der Waals surface area contributed by atoms with Gasteiger partial charge < -0.3 is 34.9 Å². The third-order valence-electron chi connectivity index (χ3n) is 5.46. The van der Waals surface area contributed by atoms with Crippen molar-refractivity contribution >= 4 is 40.3 Å². The van der Waals surface area contributed by atoms with E-state index in [1.54, 1.807) is 16.6 Å². The van der Waals surface area contributed by atoms with E-state index in [1.807, 2.05) is 0 Å². The summed E-state index contributed by atoms with van der Waals surface area (Å²) in [4.78, 5) is 34.2. The van der Waals surface area contributed by atoms with Gasteiger partial charge in [-0.1, -0.05) is 11.6 Å². The minimum absolute atomic E-state index is 0.0244. The number of alkyl halides is 3. The van der Waals surface area contributed by atoms with Gasteiger partial charge in [0.2, 0.25) is 5.43 Å². The van der Waals surface area contributed by atoms with Crippen LogP contribution in [0.2, 0.25) is 5.02 Å². The van der Waals surface area contributed by atoms with Gasteiger partial charge in [-0.2, -0.15) is 13.2 Å². The zero-order valence-electron chi connectivity index (χ0n) is 18.0. The summed E-state index contributed by atoms with van der Waals surface area (Å²) in [6, 6.07) is 0.828. The third kappa shape index (κ3) is 5.60. The molecule has 192 valence electrons. The predicted molar refractivity (Wildman–Crippen MR) is 115 cm³/mol. The molecule has 2 aliphatic rings. The van der Waals surface area contributed by atoms with E-state index in [-0.39, 0.29) is 40.0 Å². The fourth-order valence-electron chi connectivity index (χ4n) is 3.73. The summed E-state index contributed by atoms with van der Waals surface area (Å²) in [7, 11) is 1.54. The molecule has 0 spiro atoms. The van der Waals surface area contributed by atoms with Crippen molar-refractivity contribution in [2.45, 2.75) is 37.2 Å². The van der Waals surface area contributed by atoms with E-state index in [2.05, 4.69) is 4.74 Å². The topological polar surface area (TPSA) is 144 Å². The summed E-state index contributed by atoms with van der Waals surface area (Å²) in [5.41, 5.74) is 5.84. The zero-order chi connectivity index (χ0) is 26.2. The lowest BCUT2D eigenvalue weighted by Gasteiger charge is -2.23. The van der Waals surface area contributed by atoms with Crippen molar-refractivity contribution in [3.63, 3.8) is 0 Å². The highest BCUT2D eigenvalue weighted by Crippen LogP contribution is 2.43. The highest BCUT2D eigenvalue weighted by atomic mass is 35.5. The smallest absolute Gasteiger partial charge is 0.475 e. The summed E-state index contributed by atoms with van der Waals surface area (Å²) in [6.07, 6.45) is -3.94. The number of anilines is 1. The minimum atomic E-state index is -5.08. The first-order chi connectivity index (χ1) is 16.3. The number of pyridine rings is 1. The Kier molecular flexibility index (Phi) is 7.48. The minimum Gasteiger partial charge on any atom is -0.475 e. The summed E-state index contributed by atoms with van der Waals surface area (Å²) in [5.74, 6) is -3.82. The first-order valence-electron chi connectivity index (χ1n) is 10.1. The molecule has 0 radical (unpaired) electrons. The van der Waals surface area contributed by atoms with Crippen LogP contribution in [0.15, 0.2) is 17.1 Å². The Morgan fingerprint density at radius 2 is 1.83 bits per heavy atom. The second-order valence-electron chi connectivity index (χ2n) is 7.89. The van der Waals surface area contributed by atoms with Gasteiger partial charge in [-0.05, 0) is 18.9 Å². The van der Waals surface area contributed by atoms with Crippen LogP contribution in [-0.4, -0.2) is 65.4 Å². The largest absolute Gasteiger partial charge is 0.511 e. The number of aliphatic carboxylic acids is 1. The van der Waals surface area contributed by atoms with Crippen LogP contribution >= 0.6 is 11.6 Å². The van der Waals surface area contributed by atoms with Crippen molar-refractivity contribution in [2.75, 3.05) is 25.1 Å². The summed E-state index contributed by atoms with van der Waals surface area (Å²) in [5, 5.41) is 16.1. The lowest BCUT2D eigenvalue weighted by molar-refractivity contribution is -0.192. The molecular weight excluding hydrogens is 506 g/mol. The van der Waals surface area contributed by atoms with Crippen LogP contribution < -0.4 is 20.8 Å². The standard InChI is InChI=1S/C18H19ClFN3O5.C2HF3O2/c1-27-12-6-22(5-11(12)21)16-10(20)4-9-15(14(16)19)23(8-2-3-8)7-13(17(9)24)28-18(25)26;3-2(4,5)1(6)7/h4,7-8,11-12H,2-3,5-6,21H2,1H3,(H,25,26);(H,6,7)/t11-,12+;/m0./s1. The maximum Gasteiger partial charge on any atom is 0.511 e. The molecule has 10 nitrogen and oxygen atoms in total. The molecular formula is C20H20ClF4N3O7. The van der Waals surface area contributed by atoms with Crippen LogP contribution in [0, 0.1) is 5.82 Å². The molecule has 2 aromatic rings. The number of nitrogens with two attached hydrogens (primary N) is 1. The Labute approximate surface area is 199 Å². The first-order valence-corrected chi connectivity index (χ1v) is 10.4. The van der Waals surface area contributed by atoms with Crippen molar-refractivity contribution in [3.05, 3.63) is 33.3 Å². The Bertz CT molecular complexity index is 1220. The Morgan fingerprint density at radius 1 is 1.23 bits per heavy atom. The molecule has 4 rings (SSSR count). The zero-order valence-corrected chi connectivity index (χ0v) is 18.8. The maximum absolute atomic E-state index is 15.0. The highest BCUT2D eigenvalue weighted by Gasteiger charge is 2.38. The molecule has 4 N–H and O–H groups in total. The summed E-state index contributed by atoms with van der Waals surface area (Å²) < 4.78 is 58.4. The monoisotopic (exact) mass is 525 g/mol. The van der Waals surface area contributed by atoms with Crippen molar-refractivity contribution in [3.8, 4) is 5.75 Å². The Hall–Kier alpha value is -3.10. The number of halogens is 5. The number of fused-ring (bicyclic) bond motifs is 1.